The minimum Gasteiger partial charge on any atom is -0.311 e. The Bertz CT molecular complexity index is 191. The Morgan fingerprint density at radius 1 is 1.07 bits per heavy atom. The second-order valence-corrected chi connectivity index (χ2v) is 6.09. The molecular formula is C13H25N. The van der Waals surface area contributed by atoms with Crippen molar-refractivity contribution >= 4 is 0 Å². The maximum Gasteiger partial charge on any atom is 0.0104 e. The van der Waals surface area contributed by atoms with Crippen molar-refractivity contribution in [2.75, 3.05) is 0 Å². The highest BCUT2D eigenvalue weighted by molar-refractivity contribution is 4.97. The first-order chi connectivity index (χ1) is 6.59. The maximum absolute atomic E-state index is 3.81. The molecule has 0 aromatic carbocycles. The van der Waals surface area contributed by atoms with Crippen LogP contribution in [-0.4, -0.2) is 12.1 Å². The summed E-state index contributed by atoms with van der Waals surface area (Å²) in [6, 6.07) is 1.52. The molecular weight excluding hydrogens is 170 g/mol. The van der Waals surface area contributed by atoms with E-state index >= 15 is 0 Å². The van der Waals surface area contributed by atoms with Crippen LogP contribution in [0.2, 0.25) is 0 Å². The van der Waals surface area contributed by atoms with Crippen LogP contribution in [0.15, 0.2) is 0 Å². The highest BCUT2D eigenvalue weighted by Crippen LogP contribution is 2.39. The van der Waals surface area contributed by atoms with Gasteiger partial charge in [-0.1, -0.05) is 33.1 Å². The highest BCUT2D eigenvalue weighted by atomic mass is 15.0. The van der Waals surface area contributed by atoms with Gasteiger partial charge in [-0.25, -0.2) is 0 Å². The zero-order chi connectivity index (χ0) is 10.2. The monoisotopic (exact) mass is 195 g/mol. The third-order valence-corrected chi connectivity index (χ3v) is 4.60. The lowest BCUT2D eigenvalue weighted by Gasteiger charge is -2.28. The second kappa shape index (κ2) is 3.84. The van der Waals surface area contributed by atoms with E-state index in [9.17, 15) is 0 Å². The first-order valence-electron chi connectivity index (χ1n) is 6.36. The molecule has 0 aromatic heterocycles. The van der Waals surface area contributed by atoms with Crippen LogP contribution in [0.5, 0.6) is 0 Å². The largest absolute Gasteiger partial charge is 0.311 e. The molecule has 1 aliphatic heterocycles. The van der Waals surface area contributed by atoms with Gasteiger partial charge in [-0.05, 0) is 37.5 Å². The van der Waals surface area contributed by atoms with Crippen molar-refractivity contribution in [3.05, 3.63) is 0 Å². The molecule has 0 bridgehead atoms. The minimum atomic E-state index is 0.516. The van der Waals surface area contributed by atoms with Gasteiger partial charge in [0.2, 0.25) is 0 Å². The molecule has 14 heavy (non-hydrogen) atoms. The molecule has 2 aliphatic rings. The Morgan fingerprint density at radius 2 is 1.71 bits per heavy atom. The van der Waals surface area contributed by atoms with Crippen LogP contribution in [0.4, 0.5) is 0 Å². The number of hydrogen-bond acceptors (Lipinski definition) is 1. The standard InChI is InChI=1S/C13H25N/c1-10-13(2,3)9-12(14-10)11-7-5-4-6-8-11/h10-12,14H,4-9H2,1-3H3. The van der Waals surface area contributed by atoms with Crippen molar-refractivity contribution < 1.29 is 0 Å². The molecule has 1 saturated heterocycles. The summed E-state index contributed by atoms with van der Waals surface area (Å²) in [4.78, 5) is 0. The fraction of sp³-hybridized carbons (Fsp3) is 1.00. The van der Waals surface area contributed by atoms with E-state index < -0.39 is 0 Å². The summed E-state index contributed by atoms with van der Waals surface area (Å²) in [5.74, 6) is 0.980. The van der Waals surface area contributed by atoms with E-state index in [2.05, 4.69) is 26.1 Å². The molecule has 0 radical (unpaired) electrons. The van der Waals surface area contributed by atoms with Crippen LogP contribution < -0.4 is 5.32 Å². The van der Waals surface area contributed by atoms with Crippen molar-refractivity contribution in [2.24, 2.45) is 11.3 Å². The Hall–Kier alpha value is -0.0400. The van der Waals surface area contributed by atoms with Gasteiger partial charge in [0, 0.05) is 12.1 Å². The zero-order valence-electron chi connectivity index (χ0n) is 9.97. The Morgan fingerprint density at radius 3 is 2.21 bits per heavy atom. The molecule has 1 aliphatic carbocycles. The Kier molecular flexibility index (Phi) is 2.88. The number of nitrogens with one attached hydrogen (secondary N) is 1. The van der Waals surface area contributed by atoms with Gasteiger partial charge in [0.1, 0.15) is 0 Å². The van der Waals surface area contributed by atoms with Crippen LogP contribution in [0.1, 0.15) is 59.3 Å². The van der Waals surface area contributed by atoms with Gasteiger partial charge >= 0.3 is 0 Å². The smallest absolute Gasteiger partial charge is 0.0104 e. The third kappa shape index (κ3) is 1.98. The first-order valence-corrected chi connectivity index (χ1v) is 6.36. The van der Waals surface area contributed by atoms with Gasteiger partial charge in [0.15, 0.2) is 0 Å². The van der Waals surface area contributed by atoms with Crippen molar-refractivity contribution in [3.63, 3.8) is 0 Å². The average molecular weight is 195 g/mol. The van der Waals surface area contributed by atoms with Crippen LogP contribution in [0.3, 0.4) is 0 Å². The highest BCUT2D eigenvalue weighted by Gasteiger charge is 2.40. The summed E-state index contributed by atoms with van der Waals surface area (Å²) < 4.78 is 0. The summed E-state index contributed by atoms with van der Waals surface area (Å²) in [7, 11) is 0. The van der Waals surface area contributed by atoms with E-state index in [0.29, 0.717) is 11.5 Å². The van der Waals surface area contributed by atoms with E-state index in [-0.39, 0.29) is 0 Å². The molecule has 1 heteroatoms. The molecule has 1 N–H and O–H groups in total. The SMILES string of the molecule is CC1NC(C2CCCCC2)CC1(C)C. The fourth-order valence-electron chi connectivity index (χ4n) is 3.19. The molecule has 1 nitrogen and oxygen atoms in total. The summed E-state index contributed by atoms with van der Waals surface area (Å²) in [5.41, 5.74) is 0.516. The van der Waals surface area contributed by atoms with E-state index in [0.717, 1.165) is 12.0 Å². The van der Waals surface area contributed by atoms with E-state index in [1.807, 2.05) is 0 Å². The molecule has 2 unspecified atom stereocenters. The summed E-state index contributed by atoms with van der Waals surface area (Å²) in [6.45, 7) is 7.17. The van der Waals surface area contributed by atoms with Crippen molar-refractivity contribution in [1.82, 2.24) is 5.32 Å². The molecule has 1 saturated carbocycles. The predicted molar refractivity (Wildman–Crippen MR) is 61.4 cm³/mol. The molecule has 1 heterocycles. The maximum atomic E-state index is 3.81. The van der Waals surface area contributed by atoms with E-state index in [4.69, 9.17) is 0 Å². The van der Waals surface area contributed by atoms with Crippen LogP contribution in [-0.2, 0) is 0 Å². The molecule has 0 amide bonds. The normalized spacial score (nSPS) is 38.8. The van der Waals surface area contributed by atoms with Gasteiger partial charge in [-0.15, -0.1) is 0 Å². The molecule has 2 fully saturated rings. The van der Waals surface area contributed by atoms with Crippen molar-refractivity contribution in [1.29, 1.82) is 0 Å². The molecule has 2 rings (SSSR count). The van der Waals surface area contributed by atoms with Crippen molar-refractivity contribution in [3.8, 4) is 0 Å². The van der Waals surface area contributed by atoms with E-state index in [1.165, 1.54) is 38.5 Å². The lowest BCUT2D eigenvalue weighted by atomic mass is 9.78. The zero-order valence-corrected chi connectivity index (χ0v) is 9.97. The third-order valence-electron chi connectivity index (χ3n) is 4.60. The first kappa shape index (κ1) is 10.5. The van der Waals surface area contributed by atoms with Crippen LogP contribution in [0.25, 0.3) is 0 Å². The molecule has 2 atom stereocenters. The van der Waals surface area contributed by atoms with Crippen LogP contribution >= 0.6 is 0 Å². The second-order valence-electron chi connectivity index (χ2n) is 6.09. The predicted octanol–water partition coefficient (Wildman–Crippen LogP) is 3.34. The summed E-state index contributed by atoms with van der Waals surface area (Å²) in [6.07, 6.45) is 8.75. The number of rotatable bonds is 1. The topological polar surface area (TPSA) is 12.0 Å². The fourth-order valence-corrected chi connectivity index (χ4v) is 3.19. The Labute approximate surface area is 88.7 Å². The molecule has 0 spiro atoms. The van der Waals surface area contributed by atoms with Gasteiger partial charge in [0.25, 0.3) is 0 Å². The lowest BCUT2D eigenvalue weighted by Crippen LogP contribution is -2.36. The van der Waals surface area contributed by atoms with Crippen molar-refractivity contribution in [2.45, 2.75) is 71.4 Å². The van der Waals surface area contributed by atoms with Gasteiger partial charge in [-0.2, -0.15) is 0 Å². The number of hydrogen-bond donors (Lipinski definition) is 1. The summed E-state index contributed by atoms with van der Waals surface area (Å²) in [5, 5.41) is 3.81. The van der Waals surface area contributed by atoms with Gasteiger partial charge < -0.3 is 5.32 Å². The average Bonchev–Trinajstić information content (AvgIpc) is 2.43. The Balaban J connectivity index is 1.93. The van der Waals surface area contributed by atoms with Gasteiger partial charge in [0.05, 0.1) is 0 Å². The van der Waals surface area contributed by atoms with E-state index in [1.54, 1.807) is 0 Å². The molecule has 82 valence electrons. The summed E-state index contributed by atoms with van der Waals surface area (Å²) >= 11 is 0. The van der Waals surface area contributed by atoms with Crippen LogP contribution in [0, 0.1) is 11.3 Å². The minimum absolute atomic E-state index is 0.516. The lowest BCUT2D eigenvalue weighted by molar-refractivity contribution is 0.274. The molecule has 0 aromatic rings. The van der Waals surface area contributed by atoms with Gasteiger partial charge in [-0.3, -0.25) is 0 Å². The quantitative estimate of drug-likeness (QED) is 0.676.